The number of benzene rings is 2. The van der Waals surface area contributed by atoms with Gasteiger partial charge in [0.1, 0.15) is 5.76 Å². The first kappa shape index (κ1) is 22.6. The van der Waals surface area contributed by atoms with E-state index in [4.69, 9.17) is 32.0 Å². The minimum absolute atomic E-state index is 0.122. The number of anilines is 1. The highest BCUT2D eigenvalue weighted by Crippen LogP contribution is 2.31. The third-order valence-electron chi connectivity index (χ3n) is 4.77. The number of aryl methyl sites for hydroxylation is 1. The lowest BCUT2D eigenvalue weighted by Gasteiger charge is -2.11. The Hall–Kier alpha value is -3.55. The number of carbonyl (C=O) groups excluding carboxylic acids is 2. The first-order valence-corrected chi connectivity index (χ1v) is 10.8. The number of carbonyl (C=O) groups is 2. The van der Waals surface area contributed by atoms with E-state index in [-0.39, 0.29) is 31.2 Å². The van der Waals surface area contributed by atoms with E-state index in [1.807, 2.05) is 0 Å². The minimum Gasteiger partial charge on any atom is -0.467 e. The summed E-state index contributed by atoms with van der Waals surface area (Å²) in [7, 11) is 0. The Bertz CT molecular complexity index is 1270. The number of oxazole rings is 1. The van der Waals surface area contributed by atoms with Crippen molar-refractivity contribution >= 4 is 40.7 Å². The van der Waals surface area contributed by atoms with Crippen molar-refractivity contribution in [1.82, 2.24) is 10.3 Å². The van der Waals surface area contributed by atoms with Crippen LogP contribution < -0.4 is 10.6 Å². The van der Waals surface area contributed by atoms with Crippen molar-refractivity contribution in [3.8, 4) is 11.3 Å². The van der Waals surface area contributed by atoms with Crippen LogP contribution in [0, 0.1) is 0 Å². The zero-order valence-corrected chi connectivity index (χ0v) is 18.8. The van der Waals surface area contributed by atoms with Gasteiger partial charge >= 0.3 is 0 Å². The lowest BCUT2D eigenvalue weighted by atomic mass is 10.1. The number of nitrogens with one attached hydrogen (secondary N) is 2. The molecule has 0 bridgehead atoms. The van der Waals surface area contributed by atoms with Crippen LogP contribution in [0.2, 0.25) is 10.0 Å². The lowest BCUT2D eigenvalue weighted by molar-refractivity contribution is -0.116. The van der Waals surface area contributed by atoms with Crippen LogP contribution in [0.25, 0.3) is 11.3 Å². The molecule has 7 nitrogen and oxygen atoms in total. The Morgan fingerprint density at radius 1 is 1.03 bits per heavy atom. The van der Waals surface area contributed by atoms with Gasteiger partial charge in [0.25, 0.3) is 5.91 Å². The molecule has 0 saturated heterocycles. The average molecular weight is 484 g/mol. The molecule has 2 aromatic heterocycles. The summed E-state index contributed by atoms with van der Waals surface area (Å²) in [6.07, 6.45) is 3.50. The summed E-state index contributed by atoms with van der Waals surface area (Å²) in [6.45, 7) is 0.248. The van der Waals surface area contributed by atoms with Gasteiger partial charge in [0.15, 0.2) is 11.7 Å². The first-order valence-electron chi connectivity index (χ1n) is 10.1. The Balaban J connectivity index is 1.35. The van der Waals surface area contributed by atoms with Crippen molar-refractivity contribution in [2.75, 3.05) is 5.32 Å². The van der Waals surface area contributed by atoms with Crippen molar-refractivity contribution in [2.24, 2.45) is 0 Å². The second-order valence-corrected chi connectivity index (χ2v) is 7.94. The van der Waals surface area contributed by atoms with Gasteiger partial charge in [-0.2, -0.15) is 0 Å². The zero-order chi connectivity index (χ0) is 23.2. The van der Waals surface area contributed by atoms with E-state index in [0.717, 1.165) is 0 Å². The number of aromatic nitrogens is 1. The van der Waals surface area contributed by atoms with E-state index in [9.17, 15) is 9.59 Å². The number of hydrogen-bond donors (Lipinski definition) is 2. The molecule has 2 amide bonds. The molecular formula is C24H19Cl2N3O4. The summed E-state index contributed by atoms with van der Waals surface area (Å²) >= 11 is 12.1. The van der Waals surface area contributed by atoms with E-state index >= 15 is 0 Å². The molecule has 0 fully saturated rings. The van der Waals surface area contributed by atoms with E-state index in [0.29, 0.717) is 44.3 Å². The van der Waals surface area contributed by atoms with Crippen molar-refractivity contribution in [3.05, 3.63) is 94.3 Å². The Morgan fingerprint density at radius 2 is 1.88 bits per heavy atom. The summed E-state index contributed by atoms with van der Waals surface area (Å²) in [6, 6.07) is 15.4. The zero-order valence-electron chi connectivity index (χ0n) is 17.3. The van der Waals surface area contributed by atoms with Crippen LogP contribution in [0.5, 0.6) is 0 Å². The summed E-state index contributed by atoms with van der Waals surface area (Å²) in [5.74, 6) is 0.932. The van der Waals surface area contributed by atoms with Crippen molar-refractivity contribution in [2.45, 2.75) is 19.4 Å². The van der Waals surface area contributed by atoms with Gasteiger partial charge in [0.05, 0.1) is 35.3 Å². The van der Waals surface area contributed by atoms with Crippen LogP contribution in [-0.2, 0) is 17.8 Å². The monoisotopic (exact) mass is 483 g/mol. The topological polar surface area (TPSA) is 97.4 Å². The maximum Gasteiger partial charge on any atom is 0.253 e. The van der Waals surface area contributed by atoms with Gasteiger partial charge in [-0.1, -0.05) is 35.3 Å². The van der Waals surface area contributed by atoms with Gasteiger partial charge < -0.3 is 19.5 Å². The fourth-order valence-electron chi connectivity index (χ4n) is 3.14. The fourth-order valence-corrected chi connectivity index (χ4v) is 3.64. The molecule has 168 valence electrons. The highest BCUT2D eigenvalue weighted by Gasteiger charge is 2.15. The molecule has 0 unspecified atom stereocenters. The number of halogens is 2. The van der Waals surface area contributed by atoms with Gasteiger partial charge in [0, 0.05) is 23.4 Å². The van der Waals surface area contributed by atoms with Crippen LogP contribution in [0.1, 0.15) is 28.4 Å². The predicted octanol–water partition coefficient (Wildman–Crippen LogP) is 5.74. The molecule has 0 atom stereocenters. The number of rotatable bonds is 8. The average Bonchev–Trinajstić information content (AvgIpc) is 3.49. The molecular weight excluding hydrogens is 465 g/mol. The van der Waals surface area contributed by atoms with Gasteiger partial charge in [0.2, 0.25) is 5.91 Å². The second kappa shape index (κ2) is 10.4. The number of amides is 2. The largest absolute Gasteiger partial charge is 0.467 e. The van der Waals surface area contributed by atoms with E-state index in [1.165, 1.54) is 6.26 Å². The lowest BCUT2D eigenvalue weighted by Crippen LogP contribution is -2.24. The van der Waals surface area contributed by atoms with Crippen LogP contribution in [-0.4, -0.2) is 16.8 Å². The third-order valence-corrected chi connectivity index (χ3v) is 5.31. The predicted molar refractivity (Wildman–Crippen MR) is 125 cm³/mol. The maximum absolute atomic E-state index is 12.6. The molecule has 2 heterocycles. The number of furan rings is 1. The van der Waals surface area contributed by atoms with Crippen molar-refractivity contribution < 1.29 is 18.4 Å². The molecule has 0 spiro atoms. The van der Waals surface area contributed by atoms with Crippen LogP contribution in [0.3, 0.4) is 0 Å². The number of para-hydroxylation sites is 1. The fraction of sp³-hybridized carbons (Fsp3) is 0.125. The third kappa shape index (κ3) is 5.83. The van der Waals surface area contributed by atoms with E-state index < -0.39 is 0 Å². The Kier molecular flexibility index (Phi) is 7.12. The molecule has 0 radical (unpaired) electrons. The van der Waals surface area contributed by atoms with Gasteiger partial charge in [-0.05, 0) is 42.5 Å². The quantitative estimate of drug-likeness (QED) is 0.332. The van der Waals surface area contributed by atoms with Crippen LogP contribution in [0.15, 0.2) is 75.9 Å². The summed E-state index contributed by atoms with van der Waals surface area (Å²) in [5.41, 5.74) is 1.44. The van der Waals surface area contributed by atoms with Crippen molar-refractivity contribution in [3.63, 3.8) is 0 Å². The molecule has 2 aromatic carbocycles. The first-order chi connectivity index (χ1) is 16.0. The smallest absolute Gasteiger partial charge is 0.253 e. The van der Waals surface area contributed by atoms with Crippen molar-refractivity contribution in [1.29, 1.82) is 0 Å². The van der Waals surface area contributed by atoms with Gasteiger partial charge in [-0.3, -0.25) is 9.59 Å². The molecule has 0 saturated carbocycles. The van der Waals surface area contributed by atoms with Gasteiger partial charge in [-0.15, -0.1) is 0 Å². The molecule has 0 aliphatic heterocycles. The second-order valence-electron chi connectivity index (χ2n) is 7.10. The normalized spacial score (nSPS) is 10.7. The molecule has 4 rings (SSSR count). The molecule has 9 heteroatoms. The molecule has 33 heavy (non-hydrogen) atoms. The minimum atomic E-state index is -0.320. The summed E-state index contributed by atoms with van der Waals surface area (Å²) in [5, 5.41) is 6.52. The van der Waals surface area contributed by atoms with Gasteiger partial charge in [-0.25, -0.2) is 4.98 Å². The number of hydrogen-bond acceptors (Lipinski definition) is 5. The van der Waals surface area contributed by atoms with Crippen LogP contribution >= 0.6 is 23.2 Å². The number of nitrogens with zero attached hydrogens (tertiary/aromatic N) is 1. The van der Waals surface area contributed by atoms with Crippen LogP contribution in [0.4, 0.5) is 5.69 Å². The standard InChI is InChI=1S/C24H19Cl2N3O4/c25-15-7-8-17(19(26)12-15)21-14-27-23(33-21)10-9-22(30)29-20-6-2-1-5-18(20)24(31)28-13-16-4-3-11-32-16/h1-8,11-12,14H,9-10,13H2,(H,28,31)(H,29,30). The summed E-state index contributed by atoms with van der Waals surface area (Å²) < 4.78 is 10.9. The molecule has 4 aromatic rings. The molecule has 0 aliphatic carbocycles. The van der Waals surface area contributed by atoms with E-state index in [1.54, 1.807) is 60.8 Å². The Labute approximate surface area is 199 Å². The highest BCUT2D eigenvalue weighted by atomic mass is 35.5. The summed E-state index contributed by atoms with van der Waals surface area (Å²) in [4.78, 5) is 29.3. The Morgan fingerprint density at radius 3 is 2.67 bits per heavy atom. The highest BCUT2D eigenvalue weighted by molar-refractivity contribution is 6.36. The SMILES string of the molecule is O=C(CCc1ncc(-c2ccc(Cl)cc2Cl)o1)Nc1ccccc1C(=O)NCc1ccco1. The maximum atomic E-state index is 12.6. The van der Waals surface area contributed by atoms with E-state index in [2.05, 4.69) is 15.6 Å². The molecule has 0 aliphatic rings. The molecule has 2 N–H and O–H groups in total.